The molecule has 1 aliphatic carbocycles. The van der Waals surface area contributed by atoms with E-state index in [-0.39, 0.29) is 5.56 Å². The first-order valence-electron chi connectivity index (χ1n) is 6.12. The summed E-state index contributed by atoms with van der Waals surface area (Å²) in [6.45, 7) is 0. The van der Waals surface area contributed by atoms with Gasteiger partial charge in [0, 0.05) is 5.56 Å². The van der Waals surface area contributed by atoms with Crippen molar-refractivity contribution < 1.29 is 23.1 Å². The van der Waals surface area contributed by atoms with Crippen LogP contribution >= 0.6 is 0 Å². The van der Waals surface area contributed by atoms with Crippen LogP contribution < -0.4 is 5.32 Å². The topological polar surface area (TPSA) is 49.3 Å². The number of hydrogen-bond donors (Lipinski definition) is 2. The molecule has 0 bridgehead atoms. The van der Waals surface area contributed by atoms with Crippen molar-refractivity contribution in [2.75, 3.05) is 0 Å². The molecule has 1 aromatic carbocycles. The van der Waals surface area contributed by atoms with Gasteiger partial charge in [0.2, 0.25) is 0 Å². The monoisotopic (exact) mass is 273 g/mol. The lowest BCUT2D eigenvalue weighted by molar-refractivity contribution is 0.0716. The summed E-state index contributed by atoms with van der Waals surface area (Å²) in [5, 5.41) is 12.2. The Hall–Kier alpha value is -1.56. The van der Waals surface area contributed by atoms with Crippen LogP contribution in [0.5, 0.6) is 0 Å². The smallest absolute Gasteiger partial charge is 0.251 e. The third kappa shape index (κ3) is 3.07. The van der Waals surface area contributed by atoms with Gasteiger partial charge in [-0.25, -0.2) is 13.2 Å². The van der Waals surface area contributed by atoms with Crippen molar-refractivity contribution in [1.29, 1.82) is 0 Å². The third-order valence-electron chi connectivity index (χ3n) is 3.29. The lowest BCUT2D eigenvalue weighted by Gasteiger charge is -2.28. The fourth-order valence-electron chi connectivity index (χ4n) is 2.22. The van der Waals surface area contributed by atoms with E-state index in [1.165, 1.54) is 0 Å². The van der Waals surface area contributed by atoms with Crippen molar-refractivity contribution in [3.63, 3.8) is 0 Å². The molecule has 6 heteroatoms. The molecular formula is C13H14F3NO2. The van der Waals surface area contributed by atoms with Gasteiger partial charge in [0.05, 0.1) is 12.1 Å². The molecule has 3 nitrogen and oxygen atoms in total. The van der Waals surface area contributed by atoms with E-state index >= 15 is 0 Å². The molecule has 0 saturated heterocycles. The number of amides is 1. The number of carbonyl (C=O) groups is 1. The molecule has 2 N–H and O–H groups in total. The minimum Gasteiger partial charge on any atom is -0.391 e. The molecule has 19 heavy (non-hydrogen) atoms. The first kappa shape index (κ1) is 13.9. The molecule has 0 heterocycles. The molecule has 1 saturated carbocycles. The highest BCUT2D eigenvalue weighted by Crippen LogP contribution is 2.19. The van der Waals surface area contributed by atoms with E-state index in [1.807, 2.05) is 0 Å². The lowest BCUT2D eigenvalue weighted by atomic mass is 9.92. The summed E-state index contributed by atoms with van der Waals surface area (Å²) in [7, 11) is 0. The van der Waals surface area contributed by atoms with Crippen molar-refractivity contribution in [3.8, 4) is 0 Å². The fraction of sp³-hybridized carbons (Fsp3) is 0.462. The Labute approximate surface area is 108 Å². The van der Waals surface area contributed by atoms with Gasteiger partial charge in [-0.1, -0.05) is 12.8 Å². The zero-order valence-corrected chi connectivity index (χ0v) is 10.1. The Kier molecular flexibility index (Phi) is 4.09. The molecule has 2 atom stereocenters. The second-order valence-corrected chi connectivity index (χ2v) is 4.69. The predicted molar refractivity (Wildman–Crippen MR) is 62.0 cm³/mol. The summed E-state index contributed by atoms with van der Waals surface area (Å²) >= 11 is 0. The van der Waals surface area contributed by atoms with Gasteiger partial charge in [-0.3, -0.25) is 4.79 Å². The minimum atomic E-state index is -1.60. The van der Waals surface area contributed by atoms with E-state index in [4.69, 9.17) is 0 Å². The highest BCUT2D eigenvalue weighted by molar-refractivity contribution is 5.94. The highest BCUT2D eigenvalue weighted by atomic mass is 19.2. The molecule has 0 aliphatic heterocycles. The van der Waals surface area contributed by atoms with Gasteiger partial charge in [-0.2, -0.15) is 0 Å². The Bertz CT molecular complexity index is 470. The number of halogens is 3. The SMILES string of the molecule is O=C(NC1CCCCC1O)c1cc(F)c(F)c(F)c1. The second-order valence-electron chi connectivity index (χ2n) is 4.69. The van der Waals surface area contributed by atoms with Gasteiger partial charge < -0.3 is 10.4 Å². The molecule has 104 valence electrons. The number of aliphatic hydroxyl groups excluding tert-OH is 1. The van der Waals surface area contributed by atoms with Crippen molar-refractivity contribution in [3.05, 3.63) is 35.1 Å². The summed E-state index contributed by atoms with van der Waals surface area (Å²) in [5.74, 6) is -5.14. The van der Waals surface area contributed by atoms with Gasteiger partial charge in [-0.05, 0) is 25.0 Å². The number of nitrogens with one attached hydrogen (secondary N) is 1. The summed E-state index contributed by atoms with van der Waals surface area (Å²) in [5.41, 5.74) is -0.297. The number of carbonyl (C=O) groups excluding carboxylic acids is 1. The molecule has 2 unspecified atom stereocenters. The molecule has 0 aromatic heterocycles. The van der Waals surface area contributed by atoms with Crippen LogP contribution in [0.25, 0.3) is 0 Å². The summed E-state index contributed by atoms with van der Waals surface area (Å²) in [6, 6.07) is 0.851. The summed E-state index contributed by atoms with van der Waals surface area (Å²) in [6.07, 6.45) is 2.28. The van der Waals surface area contributed by atoms with Crippen LogP contribution in [0.3, 0.4) is 0 Å². The van der Waals surface area contributed by atoms with Crippen molar-refractivity contribution in [2.24, 2.45) is 0 Å². The van der Waals surface area contributed by atoms with Crippen molar-refractivity contribution in [2.45, 2.75) is 37.8 Å². The first-order chi connectivity index (χ1) is 8.99. The van der Waals surface area contributed by atoms with E-state index < -0.39 is 35.5 Å². The molecule has 1 aromatic rings. The zero-order valence-electron chi connectivity index (χ0n) is 10.1. The van der Waals surface area contributed by atoms with Gasteiger partial charge in [0.15, 0.2) is 17.5 Å². The Morgan fingerprint density at radius 3 is 2.32 bits per heavy atom. The van der Waals surface area contributed by atoms with Crippen LogP contribution in [-0.4, -0.2) is 23.2 Å². The van der Waals surface area contributed by atoms with Crippen LogP contribution in [0, 0.1) is 17.5 Å². The normalized spacial score (nSPS) is 23.2. The maximum Gasteiger partial charge on any atom is 0.251 e. The van der Waals surface area contributed by atoms with E-state index in [1.54, 1.807) is 0 Å². The quantitative estimate of drug-likeness (QED) is 0.811. The molecule has 0 radical (unpaired) electrons. The molecule has 1 fully saturated rings. The maximum atomic E-state index is 13.0. The largest absolute Gasteiger partial charge is 0.391 e. The Morgan fingerprint density at radius 1 is 1.16 bits per heavy atom. The first-order valence-corrected chi connectivity index (χ1v) is 6.12. The summed E-state index contributed by atoms with van der Waals surface area (Å²) in [4.78, 5) is 11.8. The second kappa shape index (κ2) is 5.61. The predicted octanol–water partition coefficient (Wildman–Crippen LogP) is 2.14. The minimum absolute atomic E-state index is 0.297. The summed E-state index contributed by atoms with van der Waals surface area (Å²) < 4.78 is 38.8. The number of aliphatic hydroxyl groups is 1. The van der Waals surface area contributed by atoms with Crippen LogP contribution in [0.4, 0.5) is 13.2 Å². The van der Waals surface area contributed by atoms with Gasteiger partial charge >= 0.3 is 0 Å². The number of hydrogen-bond acceptors (Lipinski definition) is 2. The fourth-order valence-corrected chi connectivity index (χ4v) is 2.22. The molecule has 1 aliphatic rings. The van der Waals surface area contributed by atoms with Gasteiger partial charge in [0.25, 0.3) is 5.91 Å². The molecular weight excluding hydrogens is 259 g/mol. The number of benzene rings is 1. The zero-order chi connectivity index (χ0) is 14.0. The van der Waals surface area contributed by atoms with E-state index in [0.717, 1.165) is 12.8 Å². The highest BCUT2D eigenvalue weighted by Gasteiger charge is 2.25. The average Bonchev–Trinajstić information content (AvgIpc) is 2.38. The van der Waals surface area contributed by atoms with E-state index in [0.29, 0.717) is 25.0 Å². The lowest BCUT2D eigenvalue weighted by Crippen LogP contribution is -2.45. The average molecular weight is 273 g/mol. The molecule has 2 rings (SSSR count). The molecule has 1 amide bonds. The maximum absolute atomic E-state index is 13.0. The number of rotatable bonds is 2. The Balaban J connectivity index is 2.11. The van der Waals surface area contributed by atoms with E-state index in [2.05, 4.69) is 5.32 Å². The Morgan fingerprint density at radius 2 is 1.74 bits per heavy atom. The van der Waals surface area contributed by atoms with Gasteiger partial charge in [-0.15, -0.1) is 0 Å². The molecule has 0 spiro atoms. The van der Waals surface area contributed by atoms with Crippen LogP contribution in [0.2, 0.25) is 0 Å². The van der Waals surface area contributed by atoms with Crippen molar-refractivity contribution >= 4 is 5.91 Å². The van der Waals surface area contributed by atoms with E-state index in [9.17, 15) is 23.1 Å². The standard InChI is InChI=1S/C13H14F3NO2/c14-8-5-7(6-9(15)12(8)16)13(19)17-10-3-1-2-4-11(10)18/h5-6,10-11,18H,1-4H2,(H,17,19). The van der Waals surface area contributed by atoms with Gasteiger partial charge in [0.1, 0.15) is 0 Å². The van der Waals surface area contributed by atoms with Crippen LogP contribution in [0.1, 0.15) is 36.0 Å². The third-order valence-corrected chi connectivity index (χ3v) is 3.29. The van der Waals surface area contributed by atoms with Crippen LogP contribution in [-0.2, 0) is 0 Å². The van der Waals surface area contributed by atoms with Crippen LogP contribution in [0.15, 0.2) is 12.1 Å². The van der Waals surface area contributed by atoms with Crippen molar-refractivity contribution in [1.82, 2.24) is 5.32 Å².